The maximum absolute atomic E-state index is 12.3. The minimum atomic E-state index is -0.473. The number of amides is 1. The lowest BCUT2D eigenvalue weighted by Crippen LogP contribution is -2.42. The lowest BCUT2D eigenvalue weighted by atomic mass is 9.94. The average Bonchev–Trinajstić information content (AvgIpc) is 3.10. The Morgan fingerprint density at radius 3 is 2.65 bits per heavy atom. The predicted molar refractivity (Wildman–Crippen MR) is 100 cm³/mol. The van der Waals surface area contributed by atoms with Crippen LogP contribution in [-0.4, -0.2) is 47.0 Å². The van der Waals surface area contributed by atoms with Crippen LogP contribution in [0.1, 0.15) is 45.2 Å². The Kier molecular flexibility index (Phi) is 5.20. The zero-order chi connectivity index (χ0) is 18.7. The molecular formula is C20H27N3O3. The van der Waals surface area contributed by atoms with Gasteiger partial charge in [0.05, 0.1) is 12.8 Å². The van der Waals surface area contributed by atoms with Crippen LogP contribution in [0.3, 0.4) is 0 Å². The second-order valence-corrected chi connectivity index (χ2v) is 7.70. The van der Waals surface area contributed by atoms with E-state index in [1.807, 2.05) is 45.0 Å². The van der Waals surface area contributed by atoms with E-state index in [1.165, 1.54) is 0 Å². The van der Waals surface area contributed by atoms with Gasteiger partial charge in [0, 0.05) is 30.3 Å². The summed E-state index contributed by atoms with van der Waals surface area (Å²) in [4.78, 5) is 14.1. The van der Waals surface area contributed by atoms with Crippen LogP contribution in [0.2, 0.25) is 0 Å². The first-order valence-electron chi connectivity index (χ1n) is 9.03. The van der Waals surface area contributed by atoms with Crippen LogP contribution in [0, 0.1) is 0 Å². The number of methoxy groups -OCH3 is 1. The van der Waals surface area contributed by atoms with Crippen molar-refractivity contribution in [3.63, 3.8) is 0 Å². The summed E-state index contributed by atoms with van der Waals surface area (Å²) in [5, 5.41) is 7.60. The number of H-pyrrole nitrogens is 1. The molecule has 3 rings (SSSR count). The second kappa shape index (κ2) is 7.40. The molecule has 140 valence electrons. The molecule has 1 aliphatic heterocycles. The molecule has 0 saturated carbocycles. The molecule has 1 amide bonds. The normalized spacial score (nSPS) is 17.8. The zero-order valence-corrected chi connectivity index (χ0v) is 15.9. The zero-order valence-electron chi connectivity index (χ0n) is 15.9. The van der Waals surface area contributed by atoms with Gasteiger partial charge in [0.15, 0.2) is 0 Å². The molecule has 0 radical (unpaired) electrons. The van der Waals surface area contributed by atoms with Crippen LogP contribution in [-0.2, 0) is 4.74 Å². The Morgan fingerprint density at radius 1 is 1.27 bits per heavy atom. The van der Waals surface area contributed by atoms with E-state index in [2.05, 4.69) is 16.3 Å². The number of likely N-dealkylation sites (tertiary alicyclic amines) is 1. The number of aromatic nitrogens is 2. The summed E-state index contributed by atoms with van der Waals surface area (Å²) in [5.41, 5.74) is 2.52. The van der Waals surface area contributed by atoms with Gasteiger partial charge in [-0.1, -0.05) is 0 Å². The fourth-order valence-corrected chi connectivity index (χ4v) is 3.18. The van der Waals surface area contributed by atoms with Crippen molar-refractivity contribution in [2.75, 3.05) is 20.2 Å². The SMILES string of the molecule is COc1ccc(-c2cc(C3CCCN(C(=O)OC(C)(C)C)C3)[nH]n2)cc1. The molecule has 1 fully saturated rings. The van der Waals surface area contributed by atoms with Crippen LogP contribution in [0.4, 0.5) is 4.79 Å². The standard InChI is InChI=1S/C20H27N3O3/c1-20(2,3)26-19(24)23-11-5-6-15(13-23)18-12-17(21-22-18)14-7-9-16(25-4)10-8-14/h7-10,12,15H,5-6,11,13H2,1-4H3,(H,21,22). The molecule has 6 nitrogen and oxygen atoms in total. The Hall–Kier alpha value is -2.50. The number of rotatable bonds is 3. The molecule has 2 heterocycles. The highest BCUT2D eigenvalue weighted by molar-refractivity contribution is 5.68. The molecule has 0 bridgehead atoms. The number of piperidine rings is 1. The number of nitrogens with one attached hydrogen (secondary N) is 1. The van der Waals surface area contributed by atoms with Crippen molar-refractivity contribution in [2.45, 2.75) is 45.1 Å². The molecule has 0 aliphatic carbocycles. The molecule has 1 aromatic carbocycles. The number of carbonyl (C=O) groups is 1. The van der Waals surface area contributed by atoms with Gasteiger partial charge >= 0.3 is 6.09 Å². The minimum absolute atomic E-state index is 0.239. The molecule has 1 unspecified atom stereocenters. The summed E-state index contributed by atoms with van der Waals surface area (Å²) in [6.45, 7) is 7.07. The maximum atomic E-state index is 12.3. The monoisotopic (exact) mass is 357 g/mol. The van der Waals surface area contributed by atoms with Crippen molar-refractivity contribution < 1.29 is 14.3 Å². The van der Waals surface area contributed by atoms with Gasteiger partial charge in [-0.15, -0.1) is 0 Å². The van der Waals surface area contributed by atoms with Crippen molar-refractivity contribution in [2.24, 2.45) is 0 Å². The van der Waals surface area contributed by atoms with Crippen molar-refractivity contribution in [1.82, 2.24) is 15.1 Å². The quantitative estimate of drug-likeness (QED) is 0.894. The Morgan fingerprint density at radius 2 is 2.00 bits per heavy atom. The van der Waals surface area contributed by atoms with Gasteiger partial charge < -0.3 is 14.4 Å². The molecule has 1 atom stereocenters. The number of hydrogen-bond donors (Lipinski definition) is 1. The van der Waals surface area contributed by atoms with Crippen molar-refractivity contribution in [1.29, 1.82) is 0 Å². The molecule has 1 saturated heterocycles. The van der Waals surface area contributed by atoms with E-state index in [9.17, 15) is 4.79 Å². The molecule has 1 aliphatic rings. The third kappa shape index (κ3) is 4.36. The molecule has 6 heteroatoms. The van der Waals surface area contributed by atoms with Crippen LogP contribution in [0.25, 0.3) is 11.3 Å². The smallest absolute Gasteiger partial charge is 0.410 e. The van der Waals surface area contributed by atoms with Crippen LogP contribution < -0.4 is 4.74 Å². The first-order chi connectivity index (χ1) is 12.4. The Balaban J connectivity index is 1.69. The van der Waals surface area contributed by atoms with E-state index in [0.717, 1.165) is 42.1 Å². The minimum Gasteiger partial charge on any atom is -0.497 e. The fraction of sp³-hybridized carbons (Fsp3) is 0.500. The van der Waals surface area contributed by atoms with Gasteiger partial charge in [-0.25, -0.2) is 4.79 Å². The van der Waals surface area contributed by atoms with Crippen molar-refractivity contribution in [3.05, 3.63) is 36.0 Å². The van der Waals surface area contributed by atoms with Crippen molar-refractivity contribution >= 4 is 6.09 Å². The maximum Gasteiger partial charge on any atom is 0.410 e. The summed E-state index contributed by atoms with van der Waals surface area (Å²) >= 11 is 0. The third-order valence-electron chi connectivity index (χ3n) is 4.50. The van der Waals surface area contributed by atoms with E-state index in [-0.39, 0.29) is 12.0 Å². The molecule has 26 heavy (non-hydrogen) atoms. The summed E-state index contributed by atoms with van der Waals surface area (Å²) in [6, 6.07) is 9.91. The first-order valence-corrected chi connectivity index (χ1v) is 9.03. The van der Waals surface area contributed by atoms with Crippen LogP contribution >= 0.6 is 0 Å². The molecular weight excluding hydrogens is 330 g/mol. The van der Waals surface area contributed by atoms with E-state index < -0.39 is 5.60 Å². The third-order valence-corrected chi connectivity index (χ3v) is 4.50. The van der Waals surface area contributed by atoms with Crippen LogP contribution in [0.15, 0.2) is 30.3 Å². The number of benzene rings is 1. The van der Waals surface area contributed by atoms with E-state index in [4.69, 9.17) is 9.47 Å². The summed E-state index contributed by atoms with van der Waals surface area (Å²) in [7, 11) is 1.65. The molecule has 1 N–H and O–H groups in total. The Labute approximate surface area is 154 Å². The van der Waals surface area contributed by atoms with Gasteiger partial charge in [-0.2, -0.15) is 5.10 Å². The molecule has 2 aromatic rings. The number of carbonyl (C=O) groups excluding carboxylic acids is 1. The summed E-state index contributed by atoms with van der Waals surface area (Å²) < 4.78 is 10.7. The summed E-state index contributed by atoms with van der Waals surface area (Å²) in [5.74, 6) is 1.07. The van der Waals surface area contributed by atoms with Gasteiger partial charge in [-0.3, -0.25) is 5.10 Å². The Bertz CT molecular complexity index is 746. The topological polar surface area (TPSA) is 67.4 Å². The highest BCUT2D eigenvalue weighted by atomic mass is 16.6. The second-order valence-electron chi connectivity index (χ2n) is 7.70. The predicted octanol–water partition coefficient (Wildman–Crippen LogP) is 4.20. The van der Waals surface area contributed by atoms with Crippen LogP contribution in [0.5, 0.6) is 5.75 Å². The van der Waals surface area contributed by atoms with Gasteiger partial charge in [0.25, 0.3) is 0 Å². The number of ether oxygens (including phenoxy) is 2. The highest BCUT2D eigenvalue weighted by Gasteiger charge is 2.29. The molecule has 1 aromatic heterocycles. The summed E-state index contributed by atoms with van der Waals surface area (Å²) in [6.07, 6.45) is 1.75. The number of hydrogen-bond acceptors (Lipinski definition) is 4. The largest absolute Gasteiger partial charge is 0.497 e. The van der Waals surface area contributed by atoms with Gasteiger partial charge in [0.1, 0.15) is 11.4 Å². The van der Waals surface area contributed by atoms with Crippen molar-refractivity contribution in [3.8, 4) is 17.0 Å². The highest BCUT2D eigenvalue weighted by Crippen LogP contribution is 2.29. The fourth-order valence-electron chi connectivity index (χ4n) is 3.18. The average molecular weight is 357 g/mol. The van der Waals surface area contributed by atoms with Gasteiger partial charge in [-0.05, 0) is 63.9 Å². The van der Waals surface area contributed by atoms with E-state index in [0.29, 0.717) is 6.54 Å². The van der Waals surface area contributed by atoms with E-state index in [1.54, 1.807) is 12.0 Å². The first kappa shape index (κ1) is 18.3. The van der Waals surface area contributed by atoms with Gasteiger partial charge in [0.2, 0.25) is 0 Å². The van der Waals surface area contributed by atoms with E-state index >= 15 is 0 Å². The molecule has 0 spiro atoms. The number of nitrogens with zero attached hydrogens (tertiary/aromatic N) is 2. The lowest BCUT2D eigenvalue weighted by Gasteiger charge is -2.33. The number of aromatic amines is 1. The lowest BCUT2D eigenvalue weighted by molar-refractivity contribution is 0.0197.